The molecule has 0 aliphatic carbocycles. The van der Waals surface area contributed by atoms with Crippen molar-refractivity contribution in [3.63, 3.8) is 0 Å². The fraction of sp³-hybridized carbons (Fsp3) is 0. The van der Waals surface area contributed by atoms with Crippen molar-refractivity contribution in [2.45, 2.75) is 0 Å². The van der Waals surface area contributed by atoms with Crippen LogP contribution in [0, 0.1) is 0 Å². The van der Waals surface area contributed by atoms with Crippen LogP contribution >= 0.6 is 0 Å². The highest BCUT2D eigenvalue weighted by atomic mass is 14.9. The largest absolute Gasteiger partial charge is 0.248 e. The third-order valence-electron chi connectivity index (χ3n) is 9.15. The van der Waals surface area contributed by atoms with Crippen LogP contribution in [0.4, 0.5) is 0 Å². The van der Waals surface area contributed by atoms with Gasteiger partial charge in [-0.15, -0.1) is 0 Å². The molecule has 48 heavy (non-hydrogen) atoms. The van der Waals surface area contributed by atoms with Crippen LogP contribution < -0.4 is 0 Å². The first kappa shape index (κ1) is 27.8. The number of rotatable bonds is 5. The lowest BCUT2D eigenvalue weighted by Gasteiger charge is -2.12. The molecular weight excluding hydrogens is 583 g/mol. The van der Waals surface area contributed by atoms with Gasteiger partial charge >= 0.3 is 0 Å². The maximum atomic E-state index is 5.04. The van der Waals surface area contributed by atoms with Crippen molar-refractivity contribution >= 4 is 32.3 Å². The van der Waals surface area contributed by atoms with Gasteiger partial charge in [-0.1, -0.05) is 140 Å². The molecule has 9 aromatic rings. The predicted molar refractivity (Wildman–Crippen MR) is 200 cm³/mol. The van der Waals surface area contributed by atoms with Crippen molar-refractivity contribution in [2.24, 2.45) is 0 Å². The van der Waals surface area contributed by atoms with Gasteiger partial charge in [-0.3, -0.25) is 0 Å². The molecule has 2 aromatic heterocycles. The van der Waals surface area contributed by atoms with E-state index in [0.29, 0.717) is 5.82 Å². The molecule has 0 saturated carbocycles. The van der Waals surface area contributed by atoms with E-state index in [9.17, 15) is 0 Å². The Balaban J connectivity index is 1.09. The number of fused-ring (bicyclic) bond motifs is 6. The van der Waals surface area contributed by atoms with Crippen LogP contribution in [0.3, 0.4) is 0 Å². The molecule has 0 N–H and O–H groups in total. The van der Waals surface area contributed by atoms with Crippen molar-refractivity contribution < 1.29 is 0 Å². The predicted octanol–water partition coefficient (Wildman–Crippen LogP) is 11.7. The summed E-state index contributed by atoms with van der Waals surface area (Å²) in [6.07, 6.45) is 3.77. The lowest BCUT2D eigenvalue weighted by Crippen LogP contribution is -1.94. The summed E-state index contributed by atoms with van der Waals surface area (Å²) < 4.78 is 0. The molecule has 0 spiro atoms. The van der Waals surface area contributed by atoms with Crippen molar-refractivity contribution in [3.8, 4) is 56.2 Å². The Kier molecular flexibility index (Phi) is 6.80. The lowest BCUT2D eigenvalue weighted by atomic mass is 9.92. The highest BCUT2D eigenvalue weighted by Gasteiger charge is 2.13. The second kappa shape index (κ2) is 11.7. The van der Waals surface area contributed by atoms with E-state index in [0.717, 1.165) is 50.3 Å². The fourth-order valence-electron chi connectivity index (χ4n) is 6.77. The van der Waals surface area contributed by atoms with E-state index in [2.05, 4.69) is 140 Å². The van der Waals surface area contributed by atoms with Crippen LogP contribution in [-0.4, -0.2) is 15.0 Å². The van der Waals surface area contributed by atoms with Gasteiger partial charge in [0.1, 0.15) is 0 Å². The average Bonchev–Trinajstić information content (AvgIpc) is 3.18. The topological polar surface area (TPSA) is 38.7 Å². The molecule has 2 heterocycles. The van der Waals surface area contributed by atoms with Crippen LogP contribution in [0.5, 0.6) is 0 Å². The van der Waals surface area contributed by atoms with Crippen molar-refractivity contribution in [2.75, 3.05) is 0 Å². The SMILES string of the molecule is c1ccc(-c2cc(-c3ccccc3)nc(-c3cnc(-c4cccc(-c5ccc6c7ccccc7c7ccccc7c6c5)c4)nc3)c2)cc1. The molecular formula is C45H29N3. The summed E-state index contributed by atoms with van der Waals surface area (Å²) in [5.41, 5.74) is 9.21. The van der Waals surface area contributed by atoms with Gasteiger partial charge in [-0.2, -0.15) is 0 Å². The molecule has 0 aliphatic rings. The van der Waals surface area contributed by atoms with E-state index in [-0.39, 0.29) is 0 Å². The van der Waals surface area contributed by atoms with Crippen LogP contribution in [-0.2, 0) is 0 Å². The number of aromatic nitrogens is 3. The number of pyridine rings is 1. The number of hydrogen-bond acceptors (Lipinski definition) is 3. The van der Waals surface area contributed by atoms with E-state index < -0.39 is 0 Å². The first-order chi connectivity index (χ1) is 23.8. The van der Waals surface area contributed by atoms with Gasteiger partial charge in [0, 0.05) is 29.1 Å². The van der Waals surface area contributed by atoms with E-state index in [1.807, 2.05) is 36.7 Å². The zero-order valence-electron chi connectivity index (χ0n) is 26.1. The Morgan fingerprint density at radius 1 is 0.271 bits per heavy atom. The second-order valence-corrected chi connectivity index (χ2v) is 12.1. The van der Waals surface area contributed by atoms with E-state index >= 15 is 0 Å². The van der Waals surface area contributed by atoms with E-state index in [1.165, 1.54) is 32.3 Å². The Labute approximate surface area is 278 Å². The van der Waals surface area contributed by atoms with Crippen LogP contribution in [0.25, 0.3) is 88.5 Å². The third kappa shape index (κ3) is 4.99. The fourth-order valence-corrected chi connectivity index (χ4v) is 6.77. The van der Waals surface area contributed by atoms with Gasteiger partial charge < -0.3 is 0 Å². The minimum absolute atomic E-state index is 0.681. The lowest BCUT2D eigenvalue weighted by molar-refractivity contribution is 1.17. The minimum atomic E-state index is 0.681. The zero-order valence-corrected chi connectivity index (χ0v) is 26.1. The molecule has 224 valence electrons. The summed E-state index contributed by atoms with van der Waals surface area (Å²) in [4.78, 5) is 14.7. The molecule has 0 fully saturated rings. The average molecular weight is 612 g/mol. The van der Waals surface area contributed by atoms with Crippen LogP contribution in [0.1, 0.15) is 0 Å². The Morgan fingerprint density at radius 3 is 1.40 bits per heavy atom. The summed E-state index contributed by atoms with van der Waals surface area (Å²) in [5.74, 6) is 0.681. The van der Waals surface area contributed by atoms with Gasteiger partial charge in [0.05, 0.1) is 11.4 Å². The van der Waals surface area contributed by atoms with Crippen LogP contribution in [0.2, 0.25) is 0 Å². The third-order valence-corrected chi connectivity index (χ3v) is 9.15. The molecule has 3 nitrogen and oxygen atoms in total. The molecule has 0 aliphatic heterocycles. The smallest absolute Gasteiger partial charge is 0.159 e. The second-order valence-electron chi connectivity index (χ2n) is 12.1. The van der Waals surface area contributed by atoms with Gasteiger partial charge in [0.15, 0.2) is 5.82 Å². The van der Waals surface area contributed by atoms with Gasteiger partial charge in [-0.05, 0) is 78.8 Å². The summed E-state index contributed by atoms with van der Waals surface area (Å²) in [5, 5.41) is 7.63. The summed E-state index contributed by atoms with van der Waals surface area (Å²) in [7, 11) is 0. The maximum absolute atomic E-state index is 5.04. The number of nitrogens with zero attached hydrogens (tertiary/aromatic N) is 3. The highest BCUT2D eigenvalue weighted by molar-refractivity contribution is 6.25. The first-order valence-corrected chi connectivity index (χ1v) is 16.2. The molecule has 3 heteroatoms. The standard InChI is InChI=1S/C45H29N3/c1-3-12-30(13-4-1)35-26-43(31-14-5-2-6-15-31)48-44(27-35)36-28-46-45(47-29-36)34-17-11-16-32(24-34)33-22-23-41-39-20-8-7-18-37(39)38-19-9-10-21-40(38)42(41)25-33/h1-29H. The Hall–Kier alpha value is -6.45. The molecule has 0 unspecified atom stereocenters. The van der Waals surface area contributed by atoms with E-state index in [1.54, 1.807) is 0 Å². The molecule has 0 bridgehead atoms. The molecule has 0 saturated heterocycles. The molecule has 9 rings (SSSR count). The van der Waals surface area contributed by atoms with Crippen molar-refractivity contribution in [3.05, 3.63) is 176 Å². The summed E-state index contributed by atoms with van der Waals surface area (Å²) >= 11 is 0. The summed E-state index contributed by atoms with van der Waals surface area (Å²) in [6, 6.07) is 57.7. The number of hydrogen-bond donors (Lipinski definition) is 0. The first-order valence-electron chi connectivity index (χ1n) is 16.2. The van der Waals surface area contributed by atoms with Crippen molar-refractivity contribution in [1.29, 1.82) is 0 Å². The van der Waals surface area contributed by atoms with Crippen LogP contribution in [0.15, 0.2) is 176 Å². The van der Waals surface area contributed by atoms with Crippen molar-refractivity contribution in [1.82, 2.24) is 15.0 Å². The molecule has 7 aromatic carbocycles. The monoisotopic (exact) mass is 611 g/mol. The van der Waals surface area contributed by atoms with Gasteiger partial charge in [0.25, 0.3) is 0 Å². The van der Waals surface area contributed by atoms with Gasteiger partial charge in [-0.25, -0.2) is 15.0 Å². The Morgan fingerprint density at radius 2 is 0.750 bits per heavy atom. The minimum Gasteiger partial charge on any atom is -0.248 e. The zero-order chi connectivity index (χ0) is 31.9. The molecule has 0 radical (unpaired) electrons. The molecule has 0 amide bonds. The normalized spacial score (nSPS) is 11.3. The molecule has 0 atom stereocenters. The number of benzene rings is 7. The maximum Gasteiger partial charge on any atom is 0.159 e. The van der Waals surface area contributed by atoms with E-state index in [4.69, 9.17) is 15.0 Å². The van der Waals surface area contributed by atoms with Gasteiger partial charge in [0.2, 0.25) is 0 Å². The highest BCUT2D eigenvalue weighted by Crippen LogP contribution is 2.37. The Bertz CT molecular complexity index is 2500. The summed E-state index contributed by atoms with van der Waals surface area (Å²) in [6.45, 7) is 0. The quantitative estimate of drug-likeness (QED) is 0.182.